The Balaban J connectivity index is 1.91. The molecule has 8 nitrogen and oxygen atoms in total. The van der Waals surface area contributed by atoms with Crippen LogP contribution in [0.4, 0.5) is 0 Å². The molecule has 0 saturated carbocycles. The van der Waals surface area contributed by atoms with E-state index < -0.39 is 12.0 Å². The number of allylic oxidation sites excluding steroid dienone is 1. The van der Waals surface area contributed by atoms with Crippen molar-refractivity contribution >= 4 is 39.3 Å². The van der Waals surface area contributed by atoms with Gasteiger partial charge in [-0.3, -0.25) is 9.36 Å². The fourth-order valence-electron chi connectivity index (χ4n) is 4.24. The maximum absolute atomic E-state index is 13.9. The zero-order valence-corrected chi connectivity index (χ0v) is 24.6. The quantitative estimate of drug-likeness (QED) is 0.247. The van der Waals surface area contributed by atoms with Gasteiger partial charge in [0.25, 0.3) is 5.56 Å². The molecule has 1 aromatic heterocycles. The summed E-state index contributed by atoms with van der Waals surface area (Å²) < 4.78 is 24.9. The lowest BCUT2D eigenvalue weighted by Crippen LogP contribution is -2.40. The van der Waals surface area contributed by atoms with Crippen molar-refractivity contribution in [2.24, 2.45) is 4.99 Å². The second-order valence-corrected chi connectivity index (χ2v) is 10.3. The normalized spacial score (nSPS) is 14.9. The number of carbonyl (C=O) groups is 1. The van der Waals surface area contributed by atoms with Gasteiger partial charge in [-0.1, -0.05) is 52.1 Å². The molecule has 1 aliphatic rings. The Kier molecular flexibility index (Phi) is 9.08. The molecule has 0 saturated heterocycles. The first-order valence-corrected chi connectivity index (χ1v) is 14.0. The highest BCUT2D eigenvalue weighted by Crippen LogP contribution is 2.41. The molecule has 4 rings (SSSR count). The lowest BCUT2D eigenvalue weighted by Gasteiger charge is -2.26. The highest BCUT2D eigenvalue weighted by Gasteiger charge is 2.35. The first kappa shape index (κ1) is 28.4. The molecule has 1 atom stereocenters. The van der Waals surface area contributed by atoms with E-state index in [-0.39, 0.29) is 17.7 Å². The highest BCUT2D eigenvalue weighted by atomic mass is 79.9. The van der Waals surface area contributed by atoms with E-state index in [0.29, 0.717) is 55.5 Å². The van der Waals surface area contributed by atoms with Crippen LogP contribution in [0.1, 0.15) is 37.9 Å². The van der Waals surface area contributed by atoms with Gasteiger partial charge in [0.05, 0.1) is 42.2 Å². The Labute approximate surface area is 238 Å². The zero-order chi connectivity index (χ0) is 28.1. The van der Waals surface area contributed by atoms with Crippen molar-refractivity contribution in [1.29, 1.82) is 0 Å². The molecule has 0 amide bonds. The molecule has 0 fully saturated rings. The van der Waals surface area contributed by atoms with Gasteiger partial charge in [-0.2, -0.15) is 0 Å². The topological polar surface area (TPSA) is 88.3 Å². The van der Waals surface area contributed by atoms with Crippen molar-refractivity contribution in [3.05, 3.63) is 95.6 Å². The smallest absolute Gasteiger partial charge is 0.338 e. The molecule has 0 aliphatic carbocycles. The van der Waals surface area contributed by atoms with E-state index in [1.807, 2.05) is 31.2 Å². The number of halogens is 1. The Hall–Kier alpha value is -3.63. The molecule has 1 aliphatic heterocycles. The zero-order valence-electron chi connectivity index (χ0n) is 22.2. The minimum Gasteiger partial charge on any atom is -0.493 e. The molecule has 0 unspecified atom stereocenters. The summed E-state index contributed by atoms with van der Waals surface area (Å²) in [5.41, 5.74) is 1.96. The number of carbonyl (C=O) groups excluding carboxylic acids is 1. The first-order valence-electron chi connectivity index (χ1n) is 12.4. The SMILES string of the molecule is C=CCOc1ccc(/C=c2/sc3n(c2=O)[C@@H](c2cc(OC)c(OCC)cc2Br)C(C(=O)OCC)=C(C)N=3)cc1. The van der Waals surface area contributed by atoms with Crippen LogP contribution in [0.15, 0.2) is 74.6 Å². The molecular formula is C29H29BrN2O6S. The summed E-state index contributed by atoms with van der Waals surface area (Å²) in [5.74, 6) is 1.20. The molecule has 204 valence electrons. The Morgan fingerprint density at radius 1 is 1.15 bits per heavy atom. The highest BCUT2D eigenvalue weighted by molar-refractivity contribution is 9.10. The van der Waals surface area contributed by atoms with Crippen molar-refractivity contribution < 1.29 is 23.7 Å². The third-order valence-corrected chi connectivity index (χ3v) is 7.61. The molecule has 0 radical (unpaired) electrons. The number of benzene rings is 2. The van der Waals surface area contributed by atoms with Gasteiger partial charge >= 0.3 is 5.97 Å². The molecule has 0 spiro atoms. The van der Waals surface area contributed by atoms with Crippen molar-refractivity contribution in [3.63, 3.8) is 0 Å². The Bertz CT molecular complexity index is 1600. The maximum Gasteiger partial charge on any atom is 0.338 e. The minimum absolute atomic E-state index is 0.188. The summed E-state index contributed by atoms with van der Waals surface area (Å²) in [4.78, 5) is 32.2. The summed E-state index contributed by atoms with van der Waals surface area (Å²) in [6.07, 6.45) is 3.48. The number of ether oxygens (including phenoxy) is 4. The fourth-order valence-corrected chi connectivity index (χ4v) is 5.83. The lowest BCUT2D eigenvalue weighted by atomic mass is 9.95. The predicted octanol–water partition coefficient (Wildman–Crippen LogP) is 4.53. The van der Waals surface area contributed by atoms with E-state index in [4.69, 9.17) is 18.9 Å². The summed E-state index contributed by atoms with van der Waals surface area (Å²) in [6, 6.07) is 10.2. The van der Waals surface area contributed by atoms with Gasteiger partial charge in [-0.25, -0.2) is 9.79 Å². The number of fused-ring (bicyclic) bond motifs is 1. The van der Waals surface area contributed by atoms with Crippen LogP contribution >= 0.6 is 27.3 Å². The van der Waals surface area contributed by atoms with Crippen molar-refractivity contribution in [1.82, 2.24) is 4.57 Å². The molecule has 10 heteroatoms. The van der Waals surface area contributed by atoms with Crippen molar-refractivity contribution in [2.75, 3.05) is 26.9 Å². The van der Waals surface area contributed by atoms with Crippen LogP contribution in [0.5, 0.6) is 17.2 Å². The van der Waals surface area contributed by atoms with Crippen LogP contribution in [0.25, 0.3) is 6.08 Å². The van der Waals surface area contributed by atoms with Gasteiger partial charge in [-0.15, -0.1) is 0 Å². The van der Waals surface area contributed by atoms with Crippen LogP contribution in [0, 0.1) is 0 Å². The van der Waals surface area contributed by atoms with Gasteiger partial charge in [-0.05, 0) is 62.2 Å². The molecule has 0 bridgehead atoms. The van der Waals surface area contributed by atoms with Crippen molar-refractivity contribution in [2.45, 2.75) is 26.8 Å². The van der Waals surface area contributed by atoms with Gasteiger partial charge in [0.2, 0.25) is 0 Å². The standard InChI is InChI=1S/C29H29BrN2O6S/c1-6-13-38-19-11-9-18(10-12-19)14-24-27(33)32-26(20-15-22(35-5)23(36-7-2)16-21(20)30)25(28(34)37-8-3)17(4)31-29(32)39-24/h6,9-12,14-16,26H,1,7-8,13H2,2-5H3/b24-14+/t26-/m0/s1. The van der Waals surface area contributed by atoms with E-state index in [0.717, 1.165) is 5.56 Å². The average molecular weight is 614 g/mol. The molecule has 39 heavy (non-hydrogen) atoms. The third kappa shape index (κ3) is 5.86. The number of rotatable bonds is 10. The number of hydrogen-bond donors (Lipinski definition) is 0. The number of esters is 1. The van der Waals surface area contributed by atoms with Gasteiger partial charge < -0.3 is 18.9 Å². The van der Waals surface area contributed by atoms with Crippen molar-refractivity contribution in [3.8, 4) is 17.2 Å². The average Bonchev–Trinajstić information content (AvgIpc) is 3.22. The fraction of sp³-hybridized carbons (Fsp3) is 0.276. The van der Waals surface area contributed by atoms with E-state index in [9.17, 15) is 9.59 Å². The molecule has 3 aromatic rings. The van der Waals surface area contributed by atoms with Gasteiger partial charge in [0.1, 0.15) is 12.4 Å². The summed E-state index contributed by atoms with van der Waals surface area (Å²) in [6.45, 7) is 10.1. The lowest BCUT2D eigenvalue weighted by molar-refractivity contribution is -0.139. The van der Waals surface area contributed by atoms with Gasteiger partial charge in [0, 0.05) is 4.47 Å². The number of methoxy groups -OCH3 is 1. The van der Waals surface area contributed by atoms with E-state index in [1.165, 1.54) is 15.9 Å². The van der Waals surface area contributed by atoms with Crippen LogP contribution in [-0.2, 0) is 9.53 Å². The Morgan fingerprint density at radius 3 is 2.54 bits per heavy atom. The van der Waals surface area contributed by atoms with E-state index >= 15 is 0 Å². The van der Waals surface area contributed by atoms with Crippen LogP contribution in [0.3, 0.4) is 0 Å². The molecular weight excluding hydrogens is 584 g/mol. The van der Waals surface area contributed by atoms with Gasteiger partial charge in [0.15, 0.2) is 16.3 Å². The maximum atomic E-state index is 13.9. The first-order chi connectivity index (χ1) is 18.8. The summed E-state index contributed by atoms with van der Waals surface area (Å²) in [5, 5.41) is 0. The summed E-state index contributed by atoms with van der Waals surface area (Å²) >= 11 is 4.89. The Morgan fingerprint density at radius 2 is 1.90 bits per heavy atom. The minimum atomic E-state index is -0.795. The largest absolute Gasteiger partial charge is 0.493 e. The summed E-state index contributed by atoms with van der Waals surface area (Å²) in [7, 11) is 1.54. The van der Waals surface area contributed by atoms with Crippen LogP contribution in [-0.4, -0.2) is 37.5 Å². The molecule has 2 aromatic carbocycles. The van der Waals surface area contributed by atoms with E-state index in [2.05, 4.69) is 27.5 Å². The monoisotopic (exact) mass is 612 g/mol. The number of aromatic nitrogens is 1. The second-order valence-electron chi connectivity index (χ2n) is 8.43. The van der Waals surface area contributed by atoms with Crippen LogP contribution < -0.4 is 29.1 Å². The second kappa shape index (κ2) is 12.5. The molecule has 0 N–H and O–H groups in total. The van der Waals surface area contributed by atoms with E-state index in [1.54, 1.807) is 45.2 Å². The predicted molar refractivity (Wildman–Crippen MR) is 154 cm³/mol. The molecule has 2 heterocycles. The van der Waals surface area contributed by atoms with Crippen LogP contribution in [0.2, 0.25) is 0 Å². The number of thiazole rings is 1. The number of hydrogen-bond acceptors (Lipinski definition) is 8. The third-order valence-electron chi connectivity index (χ3n) is 5.94. The number of nitrogens with zero attached hydrogens (tertiary/aromatic N) is 2.